The maximum Gasteiger partial charge on any atom is 0.193 e. The average Bonchev–Trinajstić information content (AvgIpc) is 2.75. The summed E-state index contributed by atoms with van der Waals surface area (Å²) in [5, 5.41) is 5.71. The van der Waals surface area contributed by atoms with Crippen molar-refractivity contribution >= 4 is 16.3 Å². The van der Waals surface area contributed by atoms with E-state index < -0.39 is 0 Å². The smallest absolute Gasteiger partial charge is 0.193 e. The largest absolute Gasteiger partial charge is 0.314 e. The third-order valence-electron chi connectivity index (χ3n) is 3.56. The average molecular weight is 249 g/mol. The fourth-order valence-electron chi connectivity index (χ4n) is 2.28. The summed E-state index contributed by atoms with van der Waals surface area (Å²) >= 11 is 1.70. The van der Waals surface area contributed by atoms with Gasteiger partial charge in [0.15, 0.2) is 4.96 Å². The van der Waals surface area contributed by atoms with E-state index in [1.807, 2.05) is 0 Å². The van der Waals surface area contributed by atoms with Gasteiger partial charge in [-0.05, 0) is 31.7 Å². The van der Waals surface area contributed by atoms with E-state index in [9.17, 15) is 0 Å². The molecule has 0 aliphatic heterocycles. The molecular weight excluding hydrogens is 230 g/mol. The second-order valence-corrected chi connectivity index (χ2v) is 6.04. The molecule has 0 spiro atoms. The van der Waals surface area contributed by atoms with Gasteiger partial charge in [0.1, 0.15) is 0 Å². The van der Waals surface area contributed by atoms with E-state index in [0.717, 1.165) is 24.0 Å². The van der Waals surface area contributed by atoms with Crippen LogP contribution in [-0.2, 0) is 6.42 Å². The second kappa shape index (κ2) is 4.78. The molecule has 0 radical (unpaired) electrons. The van der Waals surface area contributed by atoms with Gasteiger partial charge in [0.2, 0.25) is 0 Å². The molecule has 1 fully saturated rings. The minimum atomic E-state index is 0.667. The van der Waals surface area contributed by atoms with Crippen molar-refractivity contribution in [1.82, 2.24) is 14.7 Å². The zero-order valence-corrected chi connectivity index (χ0v) is 11.0. The van der Waals surface area contributed by atoms with Crippen LogP contribution in [-0.4, -0.2) is 22.0 Å². The van der Waals surface area contributed by atoms with Gasteiger partial charge in [0.25, 0.3) is 0 Å². The Hall–Kier alpha value is -0.870. The van der Waals surface area contributed by atoms with Gasteiger partial charge in [0, 0.05) is 23.8 Å². The van der Waals surface area contributed by atoms with E-state index in [1.54, 1.807) is 11.3 Å². The van der Waals surface area contributed by atoms with E-state index in [1.165, 1.54) is 25.0 Å². The van der Waals surface area contributed by atoms with Crippen LogP contribution in [0.2, 0.25) is 0 Å². The summed E-state index contributed by atoms with van der Waals surface area (Å²) in [6.07, 6.45) is 9.46. The SMILES string of the molecule is CC(CNC1CCC1)Cc1cn2ccsc2n1. The van der Waals surface area contributed by atoms with Crippen LogP contribution in [0.3, 0.4) is 0 Å². The van der Waals surface area contributed by atoms with Gasteiger partial charge in [-0.3, -0.25) is 4.40 Å². The van der Waals surface area contributed by atoms with Crippen molar-refractivity contribution in [1.29, 1.82) is 0 Å². The number of hydrogen-bond acceptors (Lipinski definition) is 3. The first-order valence-corrected chi connectivity index (χ1v) is 7.33. The van der Waals surface area contributed by atoms with Crippen molar-refractivity contribution in [2.75, 3.05) is 6.54 Å². The van der Waals surface area contributed by atoms with Crippen LogP contribution in [0.1, 0.15) is 31.9 Å². The predicted octanol–water partition coefficient (Wildman–Crippen LogP) is 2.72. The quantitative estimate of drug-likeness (QED) is 0.883. The standard InChI is InChI=1S/C13H19N3S/c1-10(8-14-11-3-2-4-11)7-12-9-16-5-6-17-13(16)15-12/h5-6,9-11,14H,2-4,7-8H2,1H3. The van der Waals surface area contributed by atoms with E-state index in [2.05, 4.69) is 39.4 Å². The third-order valence-corrected chi connectivity index (χ3v) is 4.33. The zero-order chi connectivity index (χ0) is 11.7. The summed E-state index contributed by atoms with van der Waals surface area (Å²) in [6.45, 7) is 3.43. The molecule has 1 N–H and O–H groups in total. The van der Waals surface area contributed by atoms with Crippen molar-refractivity contribution in [2.45, 2.75) is 38.6 Å². The molecule has 1 aliphatic rings. The summed E-state index contributed by atoms with van der Waals surface area (Å²) in [5.74, 6) is 0.667. The van der Waals surface area contributed by atoms with Gasteiger partial charge in [-0.1, -0.05) is 13.3 Å². The summed E-state index contributed by atoms with van der Waals surface area (Å²) in [6, 6.07) is 0.794. The Morgan fingerprint density at radius 2 is 2.47 bits per heavy atom. The fraction of sp³-hybridized carbons (Fsp3) is 0.615. The molecule has 0 aromatic carbocycles. The lowest BCUT2D eigenvalue weighted by atomic mass is 9.92. The van der Waals surface area contributed by atoms with E-state index in [-0.39, 0.29) is 0 Å². The number of rotatable bonds is 5. The van der Waals surface area contributed by atoms with Crippen LogP contribution < -0.4 is 5.32 Å². The molecule has 17 heavy (non-hydrogen) atoms. The van der Waals surface area contributed by atoms with Crippen molar-refractivity contribution in [2.24, 2.45) is 5.92 Å². The third kappa shape index (κ3) is 2.53. The molecule has 92 valence electrons. The zero-order valence-electron chi connectivity index (χ0n) is 10.2. The number of aromatic nitrogens is 2. The Labute approximate surface area is 106 Å². The van der Waals surface area contributed by atoms with Crippen LogP contribution >= 0.6 is 11.3 Å². The molecule has 2 aromatic heterocycles. The molecule has 3 rings (SSSR count). The normalized spacial score (nSPS) is 18.4. The summed E-state index contributed by atoms with van der Waals surface area (Å²) in [4.78, 5) is 5.74. The molecule has 2 aromatic rings. The highest BCUT2D eigenvalue weighted by Crippen LogP contribution is 2.19. The molecule has 0 amide bonds. The summed E-state index contributed by atoms with van der Waals surface area (Å²) < 4.78 is 2.12. The Morgan fingerprint density at radius 3 is 3.18 bits per heavy atom. The van der Waals surface area contributed by atoms with Gasteiger partial charge < -0.3 is 5.32 Å². The van der Waals surface area contributed by atoms with Crippen LogP contribution in [0.4, 0.5) is 0 Å². The molecule has 1 atom stereocenters. The first kappa shape index (κ1) is 11.2. The van der Waals surface area contributed by atoms with E-state index >= 15 is 0 Å². The lowest BCUT2D eigenvalue weighted by Crippen LogP contribution is -2.38. The van der Waals surface area contributed by atoms with E-state index in [4.69, 9.17) is 0 Å². The number of imidazole rings is 1. The molecule has 0 saturated heterocycles. The highest BCUT2D eigenvalue weighted by Gasteiger charge is 2.17. The maximum atomic E-state index is 4.63. The number of hydrogen-bond donors (Lipinski definition) is 1. The lowest BCUT2D eigenvalue weighted by molar-refractivity contribution is 0.320. The predicted molar refractivity (Wildman–Crippen MR) is 71.6 cm³/mol. The molecule has 1 aliphatic carbocycles. The molecular formula is C13H19N3S. The molecule has 0 bridgehead atoms. The minimum absolute atomic E-state index is 0.667. The van der Waals surface area contributed by atoms with Crippen LogP contribution in [0, 0.1) is 5.92 Å². The number of nitrogens with zero attached hydrogens (tertiary/aromatic N) is 2. The lowest BCUT2D eigenvalue weighted by Gasteiger charge is -2.27. The van der Waals surface area contributed by atoms with Gasteiger partial charge in [-0.15, -0.1) is 11.3 Å². The summed E-state index contributed by atoms with van der Waals surface area (Å²) in [7, 11) is 0. The molecule has 4 heteroatoms. The van der Waals surface area contributed by atoms with E-state index in [0.29, 0.717) is 5.92 Å². The van der Waals surface area contributed by atoms with Gasteiger partial charge in [0.05, 0.1) is 5.69 Å². The summed E-state index contributed by atoms with van der Waals surface area (Å²) in [5.41, 5.74) is 1.22. The van der Waals surface area contributed by atoms with Crippen molar-refractivity contribution in [3.8, 4) is 0 Å². The van der Waals surface area contributed by atoms with Gasteiger partial charge in [-0.2, -0.15) is 0 Å². The topological polar surface area (TPSA) is 29.3 Å². The van der Waals surface area contributed by atoms with Crippen molar-refractivity contribution in [3.05, 3.63) is 23.5 Å². The fourth-order valence-corrected chi connectivity index (χ4v) is 3.00. The first-order valence-electron chi connectivity index (χ1n) is 6.46. The number of thiazole rings is 1. The van der Waals surface area contributed by atoms with Crippen molar-refractivity contribution in [3.63, 3.8) is 0 Å². The van der Waals surface area contributed by atoms with Gasteiger partial charge >= 0.3 is 0 Å². The Morgan fingerprint density at radius 1 is 1.59 bits per heavy atom. The molecule has 2 heterocycles. The molecule has 1 unspecified atom stereocenters. The van der Waals surface area contributed by atoms with Crippen LogP contribution in [0.5, 0.6) is 0 Å². The first-order chi connectivity index (χ1) is 8.31. The second-order valence-electron chi connectivity index (χ2n) is 5.17. The molecule has 3 nitrogen and oxygen atoms in total. The number of fused-ring (bicyclic) bond motifs is 1. The Kier molecular flexibility index (Phi) is 3.16. The Bertz CT molecular complexity index is 455. The van der Waals surface area contributed by atoms with Gasteiger partial charge in [-0.25, -0.2) is 4.98 Å². The highest BCUT2D eigenvalue weighted by atomic mass is 32.1. The van der Waals surface area contributed by atoms with Crippen LogP contribution in [0.25, 0.3) is 4.96 Å². The van der Waals surface area contributed by atoms with Crippen LogP contribution in [0.15, 0.2) is 17.8 Å². The van der Waals surface area contributed by atoms with Crippen molar-refractivity contribution < 1.29 is 0 Å². The monoisotopic (exact) mass is 249 g/mol. The molecule has 1 saturated carbocycles. The number of nitrogens with one attached hydrogen (secondary N) is 1. The minimum Gasteiger partial charge on any atom is -0.314 e. The maximum absolute atomic E-state index is 4.63. The highest BCUT2D eigenvalue weighted by molar-refractivity contribution is 7.15. The Balaban J connectivity index is 1.52.